The maximum atomic E-state index is 11.7. The maximum absolute atomic E-state index is 11.7. The molecule has 0 spiro atoms. The lowest BCUT2D eigenvalue weighted by Gasteiger charge is -2.17. The van der Waals surface area contributed by atoms with Crippen LogP contribution in [0.3, 0.4) is 0 Å². The molecule has 2 aromatic carbocycles. The van der Waals surface area contributed by atoms with Crippen molar-refractivity contribution in [1.82, 2.24) is 4.98 Å². The Morgan fingerprint density at radius 3 is 2.56 bits per heavy atom. The maximum Gasteiger partial charge on any atom is 0.175 e. The van der Waals surface area contributed by atoms with Crippen molar-refractivity contribution >= 4 is 32.8 Å². The molecule has 0 amide bonds. The number of aromatic nitrogens is 1. The fourth-order valence-electron chi connectivity index (χ4n) is 2.87. The first-order chi connectivity index (χ1) is 12.8. The van der Waals surface area contributed by atoms with Crippen molar-refractivity contribution in [3.63, 3.8) is 0 Å². The summed E-state index contributed by atoms with van der Waals surface area (Å²) in [5.41, 5.74) is 2.88. The van der Waals surface area contributed by atoms with E-state index in [0.717, 1.165) is 5.56 Å². The van der Waals surface area contributed by atoms with Crippen LogP contribution in [0.1, 0.15) is 29.8 Å². The van der Waals surface area contributed by atoms with Gasteiger partial charge in [0.15, 0.2) is 11.5 Å². The van der Waals surface area contributed by atoms with E-state index in [2.05, 4.69) is 20.9 Å². The zero-order valence-corrected chi connectivity index (χ0v) is 17.1. The molecule has 0 aliphatic carbocycles. The number of hydrogen-bond donors (Lipinski definition) is 0. The van der Waals surface area contributed by atoms with Crippen LogP contribution in [0.2, 0.25) is 0 Å². The van der Waals surface area contributed by atoms with Crippen LogP contribution in [-0.2, 0) is 0 Å². The van der Waals surface area contributed by atoms with Gasteiger partial charge >= 0.3 is 0 Å². The Hall–Kier alpha value is -2.60. The van der Waals surface area contributed by atoms with Crippen LogP contribution in [0, 0.1) is 6.92 Å². The third-order valence-electron chi connectivity index (χ3n) is 4.06. The molecule has 5 nitrogen and oxygen atoms in total. The van der Waals surface area contributed by atoms with Crippen molar-refractivity contribution in [3.8, 4) is 22.8 Å². The Kier molecular flexibility index (Phi) is 5.37. The van der Waals surface area contributed by atoms with Crippen molar-refractivity contribution in [3.05, 3.63) is 52.0 Å². The highest BCUT2D eigenvalue weighted by molar-refractivity contribution is 9.10. The Balaban J connectivity index is 2.22. The second-order valence-corrected chi connectivity index (χ2v) is 7.37. The number of aromatic carboxylic acids is 1. The van der Waals surface area contributed by atoms with Gasteiger partial charge in [-0.1, -0.05) is 11.6 Å². The third kappa shape index (κ3) is 3.90. The molecule has 0 fully saturated rings. The summed E-state index contributed by atoms with van der Waals surface area (Å²) in [5.74, 6) is -0.110. The second kappa shape index (κ2) is 7.56. The zero-order valence-electron chi connectivity index (χ0n) is 15.5. The molecule has 0 saturated carbocycles. The predicted molar refractivity (Wildman–Crippen MR) is 106 cm³/mol. The Labute approximate surface area is 166 Å². The molecule has 1 heterocycles. The number of carboxylic acids is 1. The molecule has 3 aromatic rings. The van der Waals surface area contributed by atoms with Gasteiger partial charge in [0, 0.05) is 16.5 Å². The van der Waals surface area contributed by atoms with Crippen molar-refractivity contribution in [2.75, 3.05) is 7.11 Å². The Morgan fingerprint density at radius 1 is 1.19 bits per heavy atom. The molecule has 6 heteroatoms. The van der Waals surface area contributed by atoms with E-state index in [1.165, 1.54) is 6.07 Å². The summed E-state index contributed by atoms with van der Waals surface area (Å²) in [7, 11) is 1.56. The van der Waals surface area contributed by atoms with E-state index in [9.17, 15) is 9.90 Å². The van der Waals surface area contributed by atoms with Crippen LogP contribution in [0.25, 0.3) is 22.2 Å². The van der Waals surface area contributed by atoms with E-state index in [1.807, 2.05) is 39.0 Å². The number of carbonyl (C=O) groups is 1. The predicted octanol–water partition coefficient (Wildman–Crippen LogP) is 4.13. The van der Waals surface area contributed by atoms with E-state index in [1.54, 1.807) is 19.2 Å². The van der Waals surface area contributed by atoms with Gasteiger partial charge in [-0.2, -0.15) is 0 Å². The van der Waals surface area contributed by atoms with Crippen LogP contribution in [0.15, 0.2) is 40.9 Å². The highest BCUT2D eigenvalue weighted by atomic mass is 79.9. The molecule has 1 aromatic heterocycles. The summed E-state index contributed by atoms with van der Waals surface area (Å²) in [6, 6.07) is 10.7. The highest BCUT2D eigenvalue weighted by Gasteiger charge is 2.16. The van der Waals surface area contributed by atoms with Gasteiger partial charge in [-0.3, -0.25) is 0 Å². The second-order valence-electron chi connectivity index (χ2n) is 6.52. The number of ether oxygens (including phenoxy) is 2. The van der Waals surface area contributed by atoms with Gasteiger partial charge in [-0.15, -0.1) is 0 Å². The number of carboxylic acid groups (broad SMARTS) is 1. The molecule has 0 radical (unpaired) electrons. The third-order valence-corrected chi connectivity index (χ3v) is 4.65. The summed E-state index contributed by atoms with van der Waals surface area (Å²) in [6.45, 7) is 5.76. The summed E-state index contributed by atoms with van der Waals surface area (Å²) in [6.07, 6.45) is -0.0206. The number of pyridine rings is 1. The summed E-state index contributed by atoms with van der Waals surface area (Å²) >= 11 is 3.51. The molecule has 0 aliphatic heterocycles. The van der Waals surface area contributed by atoms with Crippen molar-refractivity contribution in [2.45, 2.75) is 26.9 Å². The normalized spacial score (nSPS) is 11.0. The molecule has 0 bridgehead atoms. The van der Waals surface area contributed by atoms with E-state index < -0.39 is 5.97 Å². The molecule has 0 atom stereocenters. The van der Waals surface area contributed by atoms with Gasteiger partial charge in [0.25, 0.3) is 0 Å². The van der Waals surface area contributed by atoms with Crippen LogP contribution < -0.4 is 14.6 Å². The molecule has 140 valence electrons. The van der Waals surface area contributed by atoms with Crippen LogP contribution >= 0.6 is 15.9 Å². The number of aryl methyl sites for hydroxylation is 1. The lowest BCUT2D eigenvalue weighted by atomic mass is 10.0. The van der Waals surface area contributed by atoms with Gasteiger partial charge in [-0.25, -0.2) is 4.98 Å². The first-order valence-corrected chi connectivity index (χ1v) is 9.26. The van der Waals surface area contributed by atoms with Gasteiger partial charge < -0.3 is 19.4 Å². The number of halogens is 1. The average molecular weight is 429 g/mol. The smallest absolute Gasteiger partial charge is 0.175 e. The SMILES string of the molecule is COc1cc(-c2cc(C(=O)[O-])c3cc(C)ccc3n2)cc(Br)c1OC(C)C. The standard InChI is InChI=1S/C21H20BrNO4/c1-11(2)27-20-16(22)8-13(9-19(20)26-4)18-10-15(21(24)25)14-7-12(3)5-6-17(14)23-18/h5-11H,1-4H3,(H,24,25)/p-1. The van der Waals surface area contributed by atoms with Crippen molar-refractivity contribution in [1.29, 1.82) is 0 Å². The van der Waals surface area contributed by atoms with E-state index in [4.69, 9.17) is 9.47 Å². The fourth-order valence-corrected chi connectivity index (χ4v) is 3.41. The summed E-state index contributed by atoms with van der Waals surface area (Å²) in [5, 5.41) is 12.2. The zero-order chi connectivity index (χ0) is 19.7. The first kappa shape index (κ1) is 19.2. The molecule has 0 unspecified atom stereocenters. The van der Waals surface area contributed by atoms with Crippen molar-refractivity contribution < 1.29 is 19.4 Å². The lowest BCUT2D eigenvalue weighted by molar-refractivity contribution is -0.254. The Morgan fingerprint density at radius 2 is 1.93 bits per heavy atom. The number of carbonyl (C=O) groups excluding carboxylic acids is 1. The van der Waals surface area contributed by atoms with E-state index >= 15 is 0 Å². The number of fused-ring (bicyclic) bond motifs is 1. The summed E-state index contributed by atoms with van der Waals surface area (Å²) in [4.78, 5) is 16.3. The number of rotatable bonds is 5. The molecule has 3 rings (SSSR count). The number of benzene rings is 2. The minimum atomic E-state index is -1.24. The molecule has 0 aliphatic rings. The topological polar surface area (TPSA) is 71.5 Å². The highest BCUT2D eigenvalue weighted by Crippen LogP contribution is 2.40. The van der Waals surface area contributed by atoms with Crippen LogP contribution in [-0.4, -0.2) is 24.2 Å². The van der Waals surface area contributed by atoms with Gasteiger partial charge in [0.05, 0.1) is 34.9 Å². The van der Waals surface area contributed by atoms with Crippen molar-refractivity contribution in [2.24, 2.45) is 0 Å². The average Bonchev–Trinajstić information content (AvgIpc) is 2.61. The number of hydrogen-bond acceptors (Lipinski definition) is 5. The largest absolute Gasteiger partial charge is 0.545 e. The monoisotopic (exact) mass is 428 g/mol. The molecular weight excluding hydrogens is 410 g/mol. The molecule has 0 saturated heterocycles. The van der Waals surface area contributed by atoms with E-state index in [-0.39, 0.29) is 11.7 Å². The van der Waals surface area contributed by atoms with Crippen LogP contribution in [0.5, 0.6) is 11.5 Å². The Bertz CT molecular complexity index is 1030. The lowest BCUT2D eigenvalue weighted by Crippen LogP contribution is -2.22. The van der Waals surface area contributed by atoms with Gasteiger partial charge in [0.2, 0.25) is 0 Å². The minimum Gasteiger partial charge on any atom is -0.545 e. The van der Waals surface area contributed by atoms with Crippen LogP contribution in [0.4, 0.5) is 0 Å². The summed E-state index contributed by atoms with van der Waals surface area (Å²) < 4.78 is 12.0. The molecular formula is C21H19BrNO4-. The fraction of sp³-hybridized carbons (Fsp3) is 0.238. The number of nitrogens with zero attached hydrogens (tertiary/aromatic N) is 1. The minimum absolute atomic E-state index is 0.0206. The first-order valence-electron chi connectivity index (χ1n) is 8.47. The van der Waals surface area contributed by atoms with Gasteiger partial charge in [0.1, 0.15) is 0 Å². The quantitative estimate of drug-likeness (QED) is 0.610. The van der Waals surface area contributed by atoms with Gasteiger partial charge in [-0.05, 0) is 67.0 Å². The molecule has 0 N–H and O–H groups in total. The van der Waals surface area contributed by atoms with E-state index in [0.29, 0.717) is 38.1 Å². The number of methoxy groups -OCH3 is 1. The molecule has 27 heavy (non-hydrogen) atoms.